The lowest BCUT2D eigenvalue weighted by molar-refractivity contribution is 0.599. The lowest BCUT2D eigenvalue weighted by Crippen LogP contribution is -2.15. The Bertz CT molecular complexity index is 385. The van der Waals surface area contributed by atoms with Gasteiger partial charge < -0.3 is 5.32 Å². The van der Waals surface area contributed by atoms with Crippen LogP contribution in [0.3, 0.4) is 0 Å². The lowest BCUT2D eigenvalue weighted by atomic mass is 10.2. The topological polar surface area (TPSA) is 12.0 Å². The second-order valence-electron chi connectivity index (χ2n) is 4.41. The van der Waals surface area contributed by atoms with Gasteiger partial charge in [0, 0.05) is 17.1 Å². The minimum absolute atomic E-state index is 0.555. The quantitative estimate of drug-likeness (QED) is 0.460. The molecule has 1 nitrogen and oxygen atoms in total. The highest BCUT2D eigenvalue weighted by molar-refractivity contribution is 7.98. The van der Waals surface area contributed by atoms with E-state index < -0.39 is 0 Å². The number of halogens is 3. The van der Waals surface area contributed by atoms with Gasteiger partial charge in [0.2, 0.25) is 0 Å². The first-order chi connectivity index (χ1) is 9.16. The highest BCUT2D eigenvalue weighted by Crippen LogP contribution is 2.31. The molecule has 0 aliphatic carbocycles. The predicted octanol–water partition coefficient (Wildman–Crippen LogP) is 5.66. The van der Waals surface area contributed by atoms with Crippen molar-refractivity contribution in [1.29, 1.82) is 0 Å². The molecular weight excluding hydrogens is 321 g/mol. The molecule has 1 N–H and O–H groups in total. The van der Waals surface area contributed by atoms with Crippen LogP contribution in [0.5, 0.6) is 0 Å². The number of hydrogen-bond acceptors (Lipinski definition) is 2. The van der Waals surface area contributed by atoms with Crippen molar-refractivity contribution in [3.05, 3.63) is 32.8 Å². The molecule has 0 spiro atoms. The maximum absolute atomic E-state index is 6.14. The first-order valence-corrected chi connectivity index (χ1v) is 9.01. The SMILES string of the molecule is CSCCCCCCNCc1c(Cl)ccc(Cl)c1Cl. The van der Waals surface area contributed by atoms with Gasteiger partial charge in [-0.2, -0.15) is 11.8 Å². The Morgan fingerprint density at radius 1 is 1.00 bits per heavy atom. The van der Waals surface area contributed by atoms with Gasteiger partial charge in [-0.3, -0.25) is 0 Å². The Kier molecular flexibility index (Phi) is 9.34. The molecule has 1 aromatic carbocycles. The number of rotatable bonds is 9. The van der Waals surface area contributed by atoms with Crippen LogP contribution in [0.25, 0.3) is 0 Å². The van der Waals surface area contributed by atoms with Crippen LogP contribution in [0.4, 0.5) is 0 Å². The summed E-state index contributed by atoms with van der Waals surface area (Å²) >= 11 is 20.1. The average Bonchev–Trinajstić information content (AvgIpc) is 2.40. The molecule has 0 heterocycles. The molecule has 0 amide bonds. The predicted molar refractivity (Wildman–Crippen MR) is 90.0 cm³/mol. The Morgan fingerprint density at radius 2 is 1.68 bits per heavy atom. The number of nitrogens with one attached hydrogen (secondary N) is 1. The number of unbranched alkanes of at least 4 members (excludes halogenated alkanes) is 3. The summed E-state index contributed by atoms with van der Waals surface area (Å²) in [5, 5.41) is 5.15. The molecule has 1 aromatic rings. The van der Waals surface area contributed by atoms with E-state index in [-0.39, 0.29) is 0 Å². The van der Waals surface area contributed by atoms with Crippen molar-refractivity contribution in [2.45, 2.75) is 32.2 Å². The largest absolute Gasteiger partial charge is 0.313 e. The zero-order valence-electron chi connectivity index (χ0n) is 11.1. The van der Waals surface area contributed by atoms with Crippen molar-refractivity contribution in [1.82, 2.24) is 5.32 Å². The van der Waals surface area contributed by atoms with Crippen LogP contribution in [0.15, 0.2) is 12.1 Å². The molecule has 19 heavy (non-hydrogen) atoms. The van der Waals surface area contributed by atoms with E-state index in [1.54, 1.807) is 12.1 Å². The van der Waals surface area contributed by atoms with Crippen molar-refractivity contribution in [3.8, 4) is 0 Å². The van der Waals surface area contributed by atoms with Crippen molar-refractivity contribution in [3.63, 3.8) is 0 Å². The third-order valence-corrected chi connectivity index (χ3v) is 4.79. The number of benzene rings is 1. The second kappa shape index (κ2) is 10.2. The highest BCUT2D eigenvalue weighted by atomic mass is 35.5. The summed E-state index contributed by atoms with van der Waals surface area (Å²) in [6.07, 6.45) is 7.23. The Labute approximate surface area is 135 Å². The van der Waals surface area contributed by atoms with E-state index in [9.17, 15) is 0 Å². The fraction of sp³-hybridized carbons (Fsp3) is 0.571. The molecule has 0 saturated heterocycles. The summed E-state index contributed by atoms with van der Waals surface area (Å²) in [5.41, 5.74) is 0.887. The summed E-state index contributed by atoms with van der Waals surface area (Å²) in [6, 6.07) is 3.51. The molecule has 0 aromatic heterocycles. The van der Waals surface area contributed by atoms with Crippen LogP contribution in [0, 0.1) is 0 Å². The summed E-state index contributed by atoms with van der Waals surface area (Å²) < 4.78 is 0. The fourth-order valence-electron chi connectivity index (χ4n) is 1.79. The van der Waals surface area contributed by atoms with Crippen LogP contribution in [-0.4, -0.2) is 18.6 Å². The molecule has 0 bridgehead atoms. The maximum Gasteiger partial charge on any atom is 0.0652 e. The van der Waals surface area contributed by atoms with E-state index in [2.05, 4.69) is 11.6 Å². The van der Waals surface area contributed by atoms with Gasteiger partial charge in [0.05, 0.1) is 10.0 Å². The molecule has 5 heteroatoms. The zero-order valence-corrected chi connectivity index (χ0v) is 14.2. The molecule has 0 aliphatic rings. The number of hydrogen-bond donors (Lipinski definition) is 1. The monoisotopic (exact) mass is 339 g/mol. The molecular formula is C14H20Cl3NS. The number of thioether (sulfide) groups is 1. The fourth-order valence-corrected chi connectivity index (χ4v) is 2.97. The van der Waals surface area contributed by atoms with Crippen molar-refractivity contribution < 1.29 is 0 Å². The zero-order chi connectivity index (χ0) is 14.1. The second-order valence-corrected chi connectivity index (χ2v) is 6.58. The van der Waals surface area contributed by atoms with Gasteiger partial charge in [-0.15, -0.1) is 0 Å². The summed E-state index contributed by atoms with van der Waals surface area (Å²) in [7, 11) is 0. The summed E-state index contributed by atoms with van der Waals surface area (Å²) in [6.45, 7) is 1.65. The molecule has 1 rings (SSSR count). The Morgan fingerprint density at radius 3 is 2.42 bits per heavy atom. The van der Waals surface area contributed by atoms with E-state index in [0.29, 0.717) is 21.6 Å². The van der Waals surface area contributed by atoms with E-state index in [1.807, 2.05) is 11.8 Å². The molecule has 0 fully saturated rings. The highest BCUT2D eigenvalue weighted by Gasteiger charge is 2.08. The van der Waals surface area contributed by atoms with Gasteiger partial charge in [-0.25, -0.2) is 0 Å². The molecule has 0 unspecified atom stereocenters. The smallest absolute Gasteiger partial charge is 0.0652 e. The van der Waals surface area contributed by atoms with E-state index in [0.717, 1.165) is 12.1 Å². The van der Waals surface area contributed by atoms with Gasteiger partial charge in [-0.05, 0) is 43.5 Å². The Hall–Kier alpha value is 0.400. The van der Waals surface area contributed by atoms with E-state index >= 15 is 0 Å². The van der Waals surface area contributed by atoms with Gasteiger partial charge in [0.25, 0.3) is 0 Å². The van der Waals surface area contributed by atoms with Crippen LogP contribution in [-0.2, 0) is 6.54 Å². The summed E-state index contributed by atoms with van der Waals surface area (Å²) in [4.78, 5) is 0. The average molecular weight is 341 g/mol. The first kappa shape index (κ1) is 17.5. The third-order valence-electron chi connectivity index (χ3n) is 2.89. The third kappa shape index (κ3) is 6.59. The van der Waals surface area contributed by atoms with Crippen LogP contribution in [0.1, 0.15) is 31.2 Å². The Balaban J connectivity index is 2.21. The molecule has 0 saturated carbocycles. The van der Waals surface area contributed by atoms with E-state index in [1.165, 1.54) is 31.4 Å². The van der Waals surface area contributed by atoms with Crippen molar-refractivity contribution in [2.24, 2.45) is 0 Å². The normalized spacial score (nSPS) is 10.9. The molecule has 0 atom stereocenters. The minimum atomic E-state index is 0.555. The standard InChI is InChI=1S/C14H20Cl3NS/c1-19-9-5-3-2-4-8-18-10-11-12(15)6-7-13(16)14(11)17/h6-7,18H,2-5,8-10H2,1H3. The van der Waals surface area contributed by atoms with Gasteiger partial charge in [-0.1, -0.05) is 47.6 Å². The van der Waals surface area contributed by atoms with Crippen LogP contribution >= 0.6 is 46.6 Å². The lowest BCUT2D eigenvalue weighted by Gasteiger charge is -2.10. The van der Waals surface area contributed by atoms with Crippen LogP contribution in [0.2, 0.25) is 15.1 Å². The van der Waals surface area contributed by atoms with Crippen molar-refractivity contribution in [2.75, 3.05) is 18.6 Å². The molecule has 108 valence electrons. The minimum Gasteiger partial charge on any atom is -0.313 e. The van der Waals surface area contributed by atoms with Gasteiger partial charge in [0.1, 0.15) is 0 Å². The maximum atomic E-state index is 6.14. The molecule has 0 aliphatic heterocycles. The molecule has 0 radical (unpaired) electrons. The van der Waals surface area contributed by atoms with Crippen LogP contribution < -0.4 is 5.32 Å². The van der Waals surface area contributed by atoms with E-state index in [4.69, 9.17) is 34.8 Å². The van der Waals surface area contributed by atoms with Gasteiger partial charge in [0.15, 0.2) is 0 Å². The first-order valence-electron chi connectivity index (χ1n) is 6.49. The summed E-state index contributed by atoms with van der Waals surface area (Å²) in [5.74, 6) is 1.27. The van der Waals surface area contributed by atoms with Crippen molar-refractivity contribution >= 4 is 46.6 Å². The van der Waals surface area contributed by atoms with Gasteiger partial charge >= 0.3 is 0 Å².